The second-order valence-corrected chi connectivity index (χ2v) is 11.2. The van der Waals surface area contributed by atoms with E-state index >= 15 is 0 Å². The van der Waals surface area contributed by atoms with Crippen LogP contribution in [0.25, 0.3) is 0 Å². The molecule has 0 aliphatic carbocycles. The topological polar surface area (TPSA) is 20.2 Å². The molecular formula is C19H26OSi. The number of hydrogen-bond donors (Lipinski definition) is 1. The normalized spacial score (nSPS) is 16.2. The first kappa shape index (κ1) is 16.0. The quantitative estimate of drug-likeness (QED) is 0.829. The van der Waals surface area contributed by atoms with Gasteiger partial charge in [0.1, 0.15) is 0 Å². The van der Waals surface area contributed by atoms with Gasteiger partial charge in [0.2, 0.25) is 0 Å². The summed E-state index contributed by atoms with van der Waals surface area (Å²) in [6.45, 7) is 8.92. The zero-order valence-corrected chi connectivity index (χ0v) is 14.5. The van der Waals surface area contributed by atoms with Crippen molar-refractivity contribution in [3.63, 3.8) is 0 Å². The van der Waals surface area contributed by atoms with Gasteiger partial charge in [-0.25, -0.2) is 0 Å². The molecule has 112 valence electrons. The molecule has 1 N–H and O–H groups in total. The van der Waals surface area contributed by atoms with Gasteiger partial charge in [0.05, 0.1) is 14.2 Å². The van der Waals surface area contributed by atoms with E-state index in [1.165, 1.54) is 10.8 Å². The van der Waals surface area contributed by atoms with E-state index in [4.69, 9.17) is 0 Å². The Labute approximate surface area is 129 Å². The lowest BCUT2D eigenvalue weighted by atomic mass is 9.96. The highest BCUT2D eigenvalue weighted by Crippen LogP contribution is 2.35. The van der Waals surface area contributed by atoms with Crippen molar-refractivity contribution in [2.24, 2.45) is 5.92 Å². The van der Waals surface area contributed by atoms with E-state index in [2.05, 4.69) is 80.7 Å². The summed E-state index contributed by atoms with van der Waals surface area (Å²) in [7, 11) is -1.74. The van der Waals surface area contributed by atoms with Gasteiger partial charge in [-0.1, -0.05) is 85.9 Å². The number of rotatable bonds is 5. The van der Waals surface area contributed by atoms with Crippen LogP contribution in [0.15, 0.2) is 60.7 Å². The summed E-state index contributed by atoms with van der Waals surface area (Å²) in [6.07, 6.45) is -0.300. The molecule has 2 aromatic rings. The summed E-state index contributed by atoms with van der Waals surface area (Å²) in [5.41, 5.74) is 1.76. The zero-order valence-electron chi connectivity index (χ0n) is 13.5. The Hall–Kier alpha value is -1.38. The van der Waals surface area contributed by atoms with Crippen LogP contribution < -0.4 is 5.19 Å². The molecule has 3 atom stereocenters. The van der Waals surface area contributed by atoms with Crippen LogP contribution in [0.5, 0.6) is 0 Å². The molecule has 21 heavy (non-hydrogen) atoms. The molecule has 0 unspecified atom stereocenters. The average Bonchev–Trinajstić information content (AvgIpc) is 2.49. The Morgan fingerprint density at radius 1 is 0.810 bits per heavy atom. The molecule has 0 heterocycles. The number of benzene rings is 2. The van der Waals surface area contributed by atoms with Gasteiger partial charge in [-0.05, 0) is 23.9 Å². The summed E-state index contributed by atoms with van der Waals surface area (Å²) in [5.74, 6) is 0.245. The van der Waals surface area contributed by atoms with Crippen LogP contribution in [-0.2, 0) is 0 Å². The summed E-state index contributed by atoms with van der Waals surface area (Å²) in [4.78, 5) is 0. The lowest BCUT2D eigenvalue weighted by molar-refractivity contribution is 0.131. The SMILES string of the molecule is C[C@H]([C@H](C)O)[C@H](c1ccccc1)[Si](C)(C)c1ccccc1. The largest absolute Gasteiger partial charge is 0.393 e. The van der Waals surface area contributed by atoms with Gasteiger partial charge in [0.15, 0.2) is 0 Å². The third-order valence-corrected chi connectivity index (χ3v) is 8.98. The minimum absolute atomic E-state index is 0.245. The van der Waals surface area contributed by atoms with Crippen LogP contribution in [0.4, 0.5) is 0 Å². The van der Waals surface area contributed by atoms with Crippen LogP contribution in [0.1, 0.15) is 25.0 Å². The van der Waals surface area contributed by atoms with E-state index in [9.17, 15) is 5.11 Å². The highest BCUT2D eigenvalue weighted by Gasteiger charge is 2.39. The van der Waals surface area contributed by atoms with E-state index in [0.717, 1.165) is 0 Å². The predicted molar refractivity (Wildman–Crippen MR) is 93.6 cm³/mol. The van der Waals surface area contributed by atoms with Gasteiger partial charge in [-0.15, -0.1) is 0 Å². The van der Waals surface area contributed by atoms with E-state index < -0.39 is 8.07 Å². The third kappa shape index (κ3) is 3.45. The van der Waals surface area contributed by atoms with Crippen LogP contribution in [0.3, 0.4) is 0 Å². The van der Waals surface area contributed by atoms with E-state index in [1.54, 1.807) is 0 Å². The molecule has 0 bridgehead atoms. The second-order valence-electron chi connectivity index (χ2n) is 6.58. The molecule has 0 fully saturated rings. The van der Waals surface area contributed by atoms with Gasteiger partial charge in [0, 0.05) is 0 Å². The van der Waals surface area contributed by atoms with Crippen LogP contribution in [0, 0.1) is 5.92 Å². The fourth-order valence-corrected chi connectivity index (χ4v) is 7.39. The van der Waals surface area contributed by atoms with Gasteiger partial charge in [-0.3, -0.25) is 0 Å². The smallest absolute Gasteiger partial charge is 0.0883 e. The first-order valence-electron chi connectivity index (χ1n) is 7.73. The monoisotopic (exact) mass is 298 g/mol. The molecular weight excluding hydrogens is 272 g/mol. The summed E-state index contributed by atoms with van der Waals surface area (Å²) < 4.78 is 0. The number of aliphatic hydroxyl groups is 1. The molecule has 0 amide bonds. The summed E-state index contributed by atoms with van der Waals surface area (Å²) in [5, 5.41) is 11.6. The molecule has 0 spiro atoms. The number of hydrogen-bond acceptors (Lipinski definition) is 1. The van der Waals surface area contributed by atoms with Gasteiger partial charge in [0.25, 0.3) is 0 Å². The van der Waals surface area contributed by atoms with Gasteiger partial charge in [-0.2, -0.15) is 0 Å². The Bertz CT molecular complexity index is 548. The molecule has 2 heteroatoms. The van der Waals surface area contributed by atoms with Crippen LogP contribution in [0.2, 0.25) is 13.1 Å². The molecule has 0 radical (unpaired) electrons. The minimum Gasteiger partial charge on any atom is -0.393 e. The zero-order chi connectivity index (χ0) is 15.5. The minimum atomic E-state index is -1.74. The molecule has 0 aliphatic heterocycles. The summed E-state index contributed by atoms with van der Waals surface area (Å²) in [6, 6.07) is 21.5. The maximum atomic E-state index is 10.2. The standard InChI is InChI=1S/C19H26OSi/c1-15(16(2)20)19(17-11-7-5-8-12-17)21(3,4)18-13-9-6-10-14-18/h5-16,19-20H,1-4H3/t15-,16+,19-/m1/s1. The molecule has 0 saturated carbocycles. The molecule has 2 aromatic carbocycles. The fourth-order valence-electron chi connectivity index (χ4n) is 3.36. The van der Waals surface area contributed by atoms with Gasteiger partial charge < -0.3 is 5.11 Å². The van der Waals surface area contributed by atoms with E-state index in [-0.39, 0.29) is 12.0 Å². The van der Waals surface area contributed by atoms with Crippen molar-refractivity contribution in [2.45, 2.75) is 38.6 Å². The lowest BCUT2D eigenvalue weighted by Crippen LogP contribution is -2.51. The Balaban J connectivity index is 2.49. The van der Waals surface area contributed by atoms with Crippen LogP contribution >= 0.6 is 0 Å². The molecule has 1 nitrogen and oxygen atoms in total. The Morgan fingerprint density at radius 3 is 1.76 bits per heavy atom. The first-order chi connectivity index (χ1) is 9.94. The van der Waals surface area contributed by atoms with Crippen molar-refractivity contribution >= 4 is 13.3 Å². The first-order valence-corrected chi connectivity index (χ1v) is 10.8. The lowest BCUT2D eigenvalue weighted by Gasteiger charge is -2.39. The average molecular weight is 299 g/mol. The van der Waals surface area contributed by atoms with Crippen molar-refractivity contribution in [3.05, 3.63) is 66.2 Å². The van der Waals surface area contributed by atoms with Crippen molar-refractivity contribution in [1.29, 1.82) is 0 Å². The second kappa shape index (κ2) is 6.59. The van der Waals surface area contributed by atoms with Crippen LogP contribution in [-0.4, -0.2) is 19.3 Å². The van der Waals surface area contributed by atoms with E-state index in [1.807, 2.05) is 6.92 Å². The molecule has 2 rings (SSSR count). The van der Waals surface area contributed by atoms with Crippen molar-refractivity contribution < 1.29 is 5.11 Å². The Morgan fingerprint density at radius 2 is 1.29 bits per heavy atom. The van der Waals surface area contributed by atoms with Crippen molar-refractivity contribution in [1.82, 2.24) is 0 Å². The molecule has 0 aliphatic rings. The molecule has 0 aromatic heterocycles. The maximum absolute atomic E-state index is 10.2. The van der Waals surface area contributed by atoms with Crippen molar-refractivity contribution in [2.75, 3.05) is 0 Å². The highest BCUT2D eigenvalue weighted by atomic mass is 28.3. The summed E-state index contributed by atoms with van der Waals surface area (Å²) >= 11 is 0. The van der Waals surface area contributed by atoms with Gasteiger partial charge >= 0.3 is 0 Å². The van der Waals surface area contributed by atoms with E-state index in [0.29, 0.717) is 5.54 Å². The number of aliphatic hydroxyl groups excluding tert-OH is 1. The highest BCUT2D eigenvalue weighted by molar-refractivity contribution is 6.91. The third-order valence-electron chi connectivity index (χ3n) is 4.74. The van der Waals surface area contributed by atoms with Crippen molar-refractivity contribution in [3.8, 4) is 0 Å². The fraction of sp³-hybridized carbons (Fsp3) is 0.368. The molecule has 0 saturated heterocycles. The maximum Gasteiger partial charge on any atom is 0.0883 e. The predicted octanol–water partition coefficient (Wildman–Crippen LogP) is 3.94. The Kier molecular flexibility index (Phi) is 5.02.